The van der Waals surface area contributed by atoms with Crippen molar-refractivity contribution in [3.63, 3.8) is 0 Å². The molecule has 0 amide bonds. The zero-order valence-electron chi connectivity index (χ0n) is 14.3. The maximum atomic E-state index is 14.7. The van der Waals surface area contributed by atoms with Crippen LogP contribution in [-0.2, 0) is 16.6 Å². The highest BCUT2D eigenvalue weighted by atomic mass is 32.2. The SMILES string of the molecule is N#Cc1cccc(Cn2nc(-c3ccsc3S(N)(=O)=O)c3c(F)cccc32)c1. The van der Waals surface area contributed by atoms with Gasteiger partial charge < -0.3 is 0 Å². The third kappa shape index (κ3) is 3.18. The first-order valence-corrected chi connectivity index (χ1v) is 10.6. The van der Waals surface area contributed by atoms with Crippen LogP contribution in [0.1, 0.15) is 11.1 Å². The average Bonchev–Trinajstić information content (AvgIpc) is 3.28. The van der Waals surface area contributed by atoms with E-state index in [1.165, 1.54) is 6.07 Å². The van der Waals surface area contributed by atoms with E-state index in [0.717, 1.165) is 16.9 Å². The summed E-state index contributed by atoms with van der Waals surface area (Å²) >= 11 is 0.963. The average molecular weight is 412 g/mol. The summed E-state index contributed by atoms with van der Waals surface area (Å²) in [6.45, 7) is 0.296. The van der Waals surface area contributed by atoms with Crippen molar-refractivity contribution >= 4 is 32.3 Å². The maximum Gasteiger partial charge on any atom is 0.248 e. The molecular weight excluding hydrogens is 399 g/mol. The number of nitriles is 1. The quantitative estimate of drug-likeness (QED) is 0.554. The summed E-state index contributed by atoms with van der Waals surface area (Å²) in [5, 5.41) is 20.7. The number of hydrogen-bond donors (Lipinski definition) is 1. The van der Waals surface area contributed by atoms with Gasteiger partial charge in [0.05, 0.1) is 29.1 Å². The monoisotopic (exact) mass is 412 g/mol. The summed E-state index contributed by atoms with van der Waals surface area (Å²) in [6.07, 6.45) is 0. The van der Waals surface area contributed by atoms with Crippen LogP contribution in [0.25, 0.3) is 22.2 Å². The topological polar surface area (TPSA) is 102 Å². The molecule has 2 aromatic carbocycles. The molecule has 0 saturated carbocycles. The third-order valence-electron chi connectivity index (χ3n) is 4.26. The van der Waals surface area contributed by atoms with Crippen LogP contribution < -0.4 is 5.14 Å². The van der Waals surface area contributed by atoms with Crippen LogP contribution >= 0.6 is 11.3 Å². The maximum absolute atomic E-state index is 14.7. The zero-order chi connectivity index (χ0) is 19.9. The Balaban J connectivity index is 1.93. The minimum Gasteiger partial charge on any atom is -0.260 e. The Morgan fingerprint density at radius 1 is 1.21 bits per heavy atom. The van der Waals surface area contributed by atoms with Gasteiger partial charge >= 0.3 is 0 Å². The van der Waals surface area contributed by atoms with Gasteiger partial charge in [0, 0.05) is 5.56 Å². The highest BCUT2D eigenvalue weighted by Gasteiger charge is 2.23. The Morgan fingerprint density at radius 2 is 2.00 bits per heavy atom. The third-order valence-corrected chi connectivity index (χ3v) is 6.69. The van der Waals surface area contributed by atoms with Crippen LogP contribution in [-0.4, -0.2) is 18.2 Å². The number of halogens is 1. The second-order valence-electron chi connectivity index (χ2n) is 6.12. The molecule has 140 valence electrons. The molecule has 2 aromatic heterocycles. The first kappa shape index (κ1) is 18.3. The summed E-state index contributed by atoms with van der Waals surface area (Å²) < 4.78 is 40.0. The van der Waals surface area contributed by atoms with Crippen LogP contribution in [0.4, 0.5) is 4.39 Å². The van der Waals surface area contributed by atoms with Crippen molar-refractivity contribution < 1.29 is 12.8 Å². The van der Waals surface area contributed by atoms with Crippen LogP contribution in [0.2, 0.25) is 0 Å². The number of nitrogens with two attached hydrogens (primary N) is 1. The molecule has 0 spiro atoms. The highest BCUT2D eigenvalue weighted by molar-refractivity contribution is 7.91. The molecule has 4 rings (SSSR count). The van der Waals surface area contributed by atoms with E-state index >= 15 is 0 Å². The first-order valence-electron chi connectivity index (χ1n) is 8.13. The van der Waals surface area contributed by atoms with E-state index in [-0.39, 0.29) is 20.9 Å². The van der Waals surface area contributed by atoms with Crippen molar-refractivity contribution in [2.45, 2.75) is 10.8 Å². The lowest BCUT2D eigenvalue weighted by Gasteiger charge is -2.04. The van der Waals surface area contributed by atoms with E-state index < -0.39 is 15.8 Å². The van der Waals surface area contributed by atoms with Crippen LogP contribution in [0.3, 0.4) is 0 Å². The molecule has 0 unspecified atom stereocenters. The summed E-state index contributed by atoms with van der Waals surface area (Å²) in [5.74, 6) is -0.504. The molecule has 0 radical (unpaired) electrons. The summed E-state index contributed by atoms with van der Waals surface area (Å²) in [4.78, 5) is 0. The number of rotatable bonds is 4. The second kappa shape index (κ2) is 6.83. The summed E-state index contributed by atoms with van der Waals surface area (Å²) in [5.41, 5.74) is 2.33. The van der Waals surface area contributed by atoms with Crippen molar-refractivity contribution in [3.05, 3.63) is 70.9 Å². The van der Waals surface area contributed by atoms with Crippen LogP contribution in [0.15, 0.2) is 58.1 Å². The lowest BCUT2D eigenvalue weighted by Crippen LogP contribution is -2.11. The second-order valence-corrected chi connectivity index (χ2v) is 8.79. The van der Waals surface area contributed by atoms with Gasteiger partial charge in [0.1, 0.15) is 15.7 Å². The molecule has 0 atom stereocenters. The van der Waals surface area contributed by atoms with E-state index in [0.29, 0.717) is 17.6 Å². The van der Waals surface area contributed by atoms with Gasteiger partial charge in [-0.05, 0) is 41.3 Å². The Labute approximate surface area is 164 Å². The standard InChI is InChI=1S/C19H13FN4O2S2/c20-15-5-2-6-16-17(15)18(14-7-8-27-19(14)28(22,25)26)23-24(16)11-13-4-1-3-12(9-13)10-21/h1-9H,11H2,(H2,22,25,26). The van der Waals surface area contributed by atoms with Gasteiger partial charge in [0.25, 0.3) is 0 Å². The molecule has 0 fully saturated rings. The molecule has 9 heteroatoms. The van der Waals surface area contributed by atoms with Gasteiger partial charge in [0.15, 0.2) is 0 Å². The van der Waals surface area contributed by atoms with E-state index in [1.54, 1.807) is 46.5 Å². The van der Waals surface area contributed by atoms with E-state index in [4.69, 9.17) is 10.4 Å². The van der Waals surface area contributed by atoms with Gasteiger partial charge in [-0.1, -0.05) is 18.2 Å². The number of aromatic nitrogens is 2. The number of primary sulfonamides is 1. The lowest BCUT2D eigenvalue weighted by molar-refractivity contribution is 0.600. The fourth-order valence-electron chi connectivity index (χ4n) is 3.10. The molecule has 6 nitrogen and oxygen atoms in total. The van der Waals surface area contributed by atoms with Gasteiger partial charge in [-0.3, -0.25) is 4.68 Å². The predicted octanol–water partition coefficient (Wildman–Crippen LogP) is 3.47. The van der Waals surface area contributed by atoms with Gasteiger partial charge in [-0.25, -0.2) is 17.9 Å². The molecule has 0 saturated heterocycles. The number of thiophene rings is 1. The van der Waals surface area contributed by atoms with Crippen molar-refractivity contribution in [1.82, 2.24) is 9.78 Å². The minimum absolute atomic E-state index is 0.0613. The van der Waals surface area contributed by atoms with Gasteiger partial charge in [-0.2, -0.15) is 10.4 Å². The first-order chi connectivity index (χ1) is 13.4. The van der Waals surface area contributed by atoms with E-state index in [1.807, 2.05) is 6.07 Å². The molecule has 2 heterocycles. The largest absolute Gasteiger partial charge is 0.260 e. The Kier molecular flexibility index (Phi) is 4.47. The Hall–Kier alpha value is -3.06. The zero-order valence-corrected chi connectivity index (χ0v) is 16.0. The highest BCUT2D eigenvalue weighted by Crippen LogP contribution is 2.36. The fourth-order valence-corrected chi connectivity index (χ4v) is 4.89. The summed E-state index contributed by atoms with van der Waals surface area (Å²) in [6, 6.07) is 15.3. The fraction of sp³-hybridized carbons (Fsp3) is 0.0526. The normalized spacial score (nSPS) is 11.6. The van der Waals surface area contributed by atoms with Gasteiger partial charge in [-0.15, -0.1) is 11.3 Å². The number of benzene rings is 2. The van der Waals surface area contributed by atoms with E-state index in [2.05, 4.69) is 11.2 Å². The molecule has 4 aromatic rings. The number of nitrogens with zero attached hydrogens (tertiary/aromatic N) is 3. The molecule has 2 N–H and O–H groups in total. The number of fused-ring (bicyclic) bond motifs is 1. The van der Waals surface area contributed by atoms with E-state index in [9.17, 15) is 12.8 Å². The molecule has 0 bridgehead atoms. The summed E-state index contributed by atoms with van der Waals surface area (Å²) in [7, 11) is -3.97. The van der Waals surface area contributed by atoms with Crippen molar-refractivity contribution in [2.75, 3.05) is 0 Å². The molecular formula is C19H13FN4O2S2. The number of hydrogen-bond acceptors (Lipinski definition) is 5. The molecule has 0 aliphatic heterocycles. The number of sulfonamides is 1. The van der Waals surface area contributed by atoms with Crippen LogP contribution in [0, 0.1) is 17.1 Å². The lowest BCUT2D eigenvalue weighted by atomic mass is 10.1. The Bertz CT molecular complexity index is 1350. The van der Waals surface area contributed by atoms with Crippen molar-refractivity contribution in [2.24, 2.45) is 5.14 Å². The van der Waals surface area contributed by atoms with Gasteiger partial charge in [0.2, 0.25) is 10.0 Å². The molecule has 28 heavy (non-hydrogen) atoms. The van der Waals surface area contributed by atoms with Crippen molar-refractivity contribution in [1.29, 1.82) is 5.26 Å². The minimum atomic E-state index is -3.97. The smallest absolute Gasteiger partial charge is 0.248 e. The molecule has 0 aliphatic carbocycles. The predicted molar refractivity (Wildman–Crippen MR) is 105 cm³/mol. The molecule has 0 aliphatic rings. The van der Waals surface area contributed by atoms with Crippen molar-refractivity contribution in [3.8, 4) is 17.3 Å². The van der Waals surface area contributed by atoms with Crippen LogP contribution in [0.5, 0.6) is 0 Å². The Morgan fingerprint density at radius 3 is 2.75 bits per heavy atom.